The maximum atomic E-state index is 5.56. The second-order valence-electron chi connectivity index (χ2n) is 4.42. The van der Waals surface area contributed by atoms with Gasteiger partial charge in [0.05, 0.1) is 6.04 Å². The van der Waals surface area contributed by atoms with E-state index in [1.165, 1.54) is 24.8 Å². The highest BCUT2D eigenvalue weighted by Gasteiger charge is 2.22. The molecule has 1 aliphatic rings. The Morgan fingerprint density at radius 1 is 1.69 bits per heavy atom. The van der Waals surface area contributed by atoms with Crippen molar-refractivity contribution in [3.8, 4) is 12.3 Å². The lowest BCUT2D eigenvalue weighted by molar-refractivity contribution is 0.423. The van der Waals surface area contributed by atoms with E-state index in [0.717, 1.165) is 12.8 Å². The molecule has 0 bridgehead atoms. The zero-order valence-corrected chi connectivity index (χ0v) is 10.6. The first-order chi connectivity index (χ1) is 7.85. The largest absolute Gasteiger partial charge is 0.297 e. The van der Waals surface area contributed by atoms with Gasteiger partial charge >= 0.3 is 0 Å². The highest BCUT2D eigenvalue weighted by atomic mass is 32.1. The summed E-state index contributed by atoms with van der Waals surface area (Å²) >= 11 is 1.89. The van der Waals surface area contributed by atoms with E-state index in [1.54, 1.807) is 4.88 Å². The summed E-state index contributed by atoms with van der Waals surface area (Å²) in [6.45, 7) is 2.18. The average molecular weight is 233 g/mol. The quantitative estimate of drug-likeness (QED) is 0.785. The monoisotopic (exact) mass is 233 g/mol. The third-order valence-corrected chi connectivity index (χ3v) is 4.23. The van der Waals surface area contributed by atoms with Crippen LogP contribution in [0.3, 0.4) is 0 Å². The number of fused-ring (bicyclic) bond motifs is 1. The summed E-state index contributed by atoms with van der Waals surface area (Å²) in [5.41, 5.74) is 1.49. The summed E-state index contributed by atoms with van der Waals surface area (Å²) in [6.07, 6.45) is 11.5. The summed E-state index contributed by atoms with van der Waals surface area (Å²) in [6, 6.07) is 2.99. The van der Waals surface area contributed by atoms with E-state index >= 15 is 0 Å². The van der Waals surface area contributed by atoms with Gasteiger partial charge in [0.1, 0.15) is 0 Å². The molecule has 16 heavy (non-hydrogen) atoms. The second-order valence-corrected chi connectivity index (χ2v) is 5.42. The van der Waals surface area contributed by atoms with Gasteiger partial charge in [-0.1, -0.05) is 19.3 Å². The molecular weight excluding hydrogens is 214 g/mol. The van der Waals surface area contributed by atoms with Crippen molar-refractivity contribution in [3.05, 3.63) is 21.9 Å². The maximum Gasteiger partial charge on any atom is 0.0691 e. The van der Waals surface area contributed by atoms with E-state index in [-0.39, 0.29) is 6.04 Å². The van der Waals surface area contributed by atoms with Gasteiger partial charge in [0.15, 0.2) is 0 Å². The van der Waals surface area contributed by atoms with Gasteiger partial charge in [0.2, 0.25) is 0 Å². The molecule has 0 spiro atoms. The van der Waals surface area contributed by atoms with Gasteiger partial charge in [-0.25, -0.2) is 0 Å². The van der Waals surface area contributed by atoms with Crippen molar-refractivity contribution in [2.45, 2.75) is 51.1 Å². The summed E-state index contributed by atoms with van der Waals surface area (Å²) in [4.78, 5) is 1.55. The molecule has 2 rings (SSSR count). The Kier molecular flexibility index (Phi) is 4.04. The molecule has 1 N–H and O–H groups in total. The third kappa shape index (κ3) is 2.48. The first-order valence-corrected chi connectivity index (χ1v) is 7.01. The molecule has 1 aromatic heterocycles. The number of terminal acetylenes is 1. The molecule has 1 aliphatic carbocycles. The molecule has 2 unspecified atom stereocenters. The fourth-order valence-corrected chi connectivity index (χ4v) is 3.39. The van der Waals surface area contributed by atoms with Crippen molar-refractivity contribution in [1.29, 1.82) is 0 Å². The molecule has 86 valence electrons. The molecule has 0 saturated heterocycles. The molecule has 0 aromatic carbocycles. The van der Waals surface area contributed by atoms with Crippen molar-refractivity contribution in [2.24, 2.45) is 0 Å². The van der Waals surface area contributed by atoms with Gasteiger partial charge in [-0.15, -0.1) is 17.8 Å². The highest BCUT2D eigenvalue weighted by Crippen LogP contribution is 2.33. The van der Waals surface area contributed by atoms with Gasteiger partial charge in [-0.3, -0.25) is 5.32 Å². The van der Waals surface area contributed by atoms with Crippen molar-refractivity contribution < 1.29 is 0 Å². The minimum absolute atomic E-state index is 0.237. The van der Waals surface area contributed by atoms with Crippen molar-refractivity contribution in [1.82, 2.24) is 5.32 Å². The summed E-state index contributed by atoms with van der Waals surface area (Å²) < 4.78 is 0. The highest BCUT2D eigenvalue weighted by molar-refractivity contribution is 7.10. The first kappa shape index (κ1) is 11.7. The van der Waals surface area contributed by atoms with E-state index in [2.05, 4.69) is 29.6 Å². The van der Waals surface area contributed by atoms with Crippen LogP contribution in [0.5, 0.6) is 0 Å². The summed E-state index contributed by atoms with van der Waals surface area (Å²) in [7, 11) is 0. The lowest BCUT2D eigenvalue weighted by Gasteiger charge is -2.26. The minimum atomic E-state index is 0.237. The lowest BCUT2D eigenvalue weighted by Crippen LogP contribution is -2.33. The Bertz CT molecular complexity index is 374. The van der Waals surface area contributed by atoms with Crippen LogP contribution in [0.2, 0.25) is 0 Å². The van der Waals surface area contributed by atoms with Crippen LogP contribution >= 0.6 is 11.3 Å². The molecule has 0 amide bonds. The van der Waals surface area contributed by atoms with Gasteiger partial charge in [0.25, 0.3) is 0 Å². The van der Waals surface area contributed by atoms with Crippen molar-refractivity contribution in [3.63, 3.8) is 0 Å². The zero-order valence-electron chi connectivity index (χ0n) is 9.83. The smallest absolute Gasteiger partial charge is 0.0691 e. The van der Waals surface area contributed by atoms with Gasteiger partial charge in [-0.05, 0) is 42.7 Å². The Morgan fingerprint density at radius 2 is 2.56 bits per heavy atom. The molecule has 1 nitrogen and oxygen atoms in total. The number of nitrogens with one attached hydrogen (secondary N) is 1. The van der Waals surface area contributed by atoms with Crippen LogP contribution in [0.25, 0.3) is 0 Å². The predicted octanol–water partition coefficient (Wildman–Crippen LogP) is 3.52. The van der Waals surface area contributed by atoms with Gasteiger partial charge in [0, 0.05) is 10.9 Å². The molecule has 1 heterocycles. The average Bonchev–Trinajstić information content (AvgIpc) is 2.77. The third-order valence-electron chi connectivity index (χ3n) is 3.23. The summed E-state index contributed by atoms with van der Waals surface area (Å²) in [5, 5.41) is 5.82. The van der Waals surface area contributed by atoms with Gasteiger partial charge in [-0.2, -0.15) is 0 Å². The predicted molar refractivity (Wildman–Crippen MR) is 70.7 cm³/mol. The molecule has 0 saturated carbocycles. The normalized spacial score (nSPS) is 21.1. The molecular formula is C14H19NS. The topological polar surface area (TPSA) is 12.0 Å². The lowest BCUT2D eigenvalue weighted by atomic mass is 9.93. The molecule has 0 fully saturated rings. The van der Waals surface area contributed by atoms with Crippen LogP contribution in [-0.2, 0) is 6.42 Å². The molecule has 0 aliphatic heterocycles. The van der Waals surface area contributed by atoms with E-state index in [0.29, 0.717) is 6.04 Å². The zero-order chi connectivity index (χ0) is 11.4. The molecule has 1 aromatic rings. The van der Waals surface area contributed by atoms with E-state index in [1.807, 2.05) is 11.3 Å². The van der Waals surface area contributed by atoms with Gasteiger partial charge < -0.3 is 0 Å². The number of hydrogen-bond donors (Lipinski definition) is 1. The van der Waals surface area contributed by atoms with E-state index in [4.69, 9.17) is 6.42 Å². The van der Waals surface area contributed by atoms with Crippen LogP contribution in [0.1, 0.15) is 49.1 Å². The van der Waals surface area contributed by atoms with Crippen LogP contribution in [0.4, 0.5) is 0 Å². The minimum Gasteiger partial charge on any atom is -0.297 e. The molecule has 2 atom stereocenters. The molecule has 2 heteroatoms. The number of aryl methyl sites for hydroxylation is 1. The van der Waals surface area contributed by atoms with Crippen molar-refractivity contribution in [2.75, 3.05) is 0 Å². The maximum absolute atomic E-state index is 5.56. The van der Waals surface area contributed by atoms with Crippen LogP contribution in [0, 0.1) is 12.3 Å². The fraction of sp³-hybridized carbons (Fsp3) is 0.571. The number of thiophene rings is 1. The number of rotatable bonds is 4. The summed E-state index contributed by atoms with van der Waals surface area (Å²) in [5.74, 6) is 2.87. The van der Waals surface area contributed by atoms with Crippen LogP contribution < -0.4 is 5.32 Å². The first-order valence-electron chi connectivity index (χ1n) is 6.13. The molecule has 0 radical (unpaired) electrons. The Balaban J connectivity index is 2.04. The fourth-order valence-electron chi connectivity index (χ4n) is 2.41. The SMILES string of the molecule is C#CC(CCC)NC1CCCc2sccc21. The number of hydrogen-bond acceptors (Lipinski definition) is 2. The Hall–Kier alpha value is -0.780. The Morgan fingerprint density at radius 3 is 3.31 bits per heavy atom. The van der Waals surface area contributed by atoms with E-state index in [9.17, 15) is 0 Å². The standard InChI is InChI=1S/C14H19NS/c1-3-6-11(4-2)15-13-7-5-8-14-12(13)9-10-16-14/h2,9-11,13,15H,3,5-8H2,1H3. The Labute approximate surface area is 102 Å². The second kappa shape index (κ2) is 5.52. The van der Waals surface area contributed by atoms with Crippen LogP contribution in [-0.4, -0.2) is 6.04 Å². The van der Waals surface area contributed by atoms with Crippen LogP contribution in [0.15, 0.2) is 11.4 Å². The van der Waals surface area contributed by atoms with Crippen molar-refractivity contribution >= 4 is 11.3 Å². The van der Waals surface area contributed by atoms with E-state index < -0.39 is 0 Å².